The van der Waals surface area contributed by atoms with Crippen molar-refractivity contribution in [3.8, 4) is 5.75 Å². The maximum absolute atomic E-state index is 5.79. The molecule has 1 aliphatic rings. The minimum Gasteiger partial charge on any atom is -0.483 e. The summed E-state index contributed by atoms with van der Waals surface area (Å²) in [6, 6.07) is -0.0278. The van der Waals surface area contributed by atoms with Gasteiger partial charge in [0.15, 0.2) is 5.75 Å². The van der Waals surface area contributed by atoms with Crippen LogP contribution in [0.15, 0.2) is 12.4 Å². The van der Waals surface area contributed by atoms with Gasteiger partial charge in [0.2, 0.25) is 0 Å². The number of aromatic nitrogens is 2. The summed E-state index contributed by atoms with van der Waals surface area (Å²) in [4.78, 5) is 0. The summed E-state index contributed by atoms with van der Waals surface area (Å²) in [5.74, 6) is 0.762. The SMILES string of the molecule is CCn1cc(O[C@H]2COC[C@H]2N)cn1. The Morgan fingerprint density at radius 2 is 2.57 bits per heavy atom. The fourth-order valence-electron chi connectivity index (χ4n) is 1.43. The summed E-state index contributed by atoms with van der Waals surface area (Å²) in [6.07, 6.45) is 3.53. The second-order valence-corrected chi connectivity index (χ2v) is 3.39. The first-order valence-corrected chi connectivity index (χ1v) is 4.82. The first kappa shape index (κ1) is 9.48. The van der Waals surface area contributed by atoms with Gasteiger partial charge in [-0.15, -0.1) is 0 Å². The quantitative estimate of drug-likeness (QED) is 0.741. The predicted molar refractivity (Wildman–Crippen MR) is 51.1 cm³/mol. The molecule has 0 amide bonds. The van der Waals surface area contributed by atoms with Crippen LogP contribution in [0.1, 0.15) is 6.92 Å². The van der Waals surface area contributed by atoms with E-state index in [1.807, 2.05) is 17.8 Å². The van der Waals surface area contributed by atoms with Gasteiger partial charge in [-0.1, -0.05) is 0 Å². The van der Waals surface area contributed by atoms with Gasteiger partial charge >= 0.3 is 0 Å². The zero-order valence-corrected chi connectivity index (χ0v) is 8.22. The average Bonchev–Trinajstić information content (AvgIpc) is 2.77. The lowest BCUT2D eigenvalue weighted by Crippen LogP contribution is -2.37. The lowest BCUT2D eigenvalue weighted by Gasteiger charge is -2.13. The van der Waals surface area contributed by atoms with Gasteiger partial charge in [0, 0.05) is 6.54 Å². The molecule has 2 atom stereocenters. The van der Waals surface area contributed by atoms with Crippen molar-refractivity contribution in [2.75, 3.05) is 13.2 Å². The lowest BCUT2D eigenvalue weighted by atomic mass is 10.2. The highest BCUT2D eigenvalue weighted by Gasteiger charge is 2.26. The molecule has 78 valence electrons. The van der Waals surface area contributed by atoms with Gasteiger partial charge in [0.05, 0.1) is 31.6 Å². The Morgan fingerprint density at radius 1 is 1.71 bits per heavy atom. The smallest absolute Gasteiger partial charge is 0.157 e. The van der Waals surface area contributed by atoms with Crippen molar-refractivity contribution in [2.24, 2.45) is 5.73 Å². The minimum atomic E-state index is -0.0375. The summed E-state index contributed by atoms with van der Waals surface area (Å²) in [6.45, 7) is 4.02. The predicted octanol–water partition coefficient (Wildman–Crippen LogP) is 0.00790. The first-order valence-electron chi connectivity index (χ1n) is 4.82. The van der Waals surface area contributed by atoms with E-state index in [1.54, 1.807) is 6.20 Å². The van der Waals surface area contributed by atoms with Gasteiger partial charge in [-0.05, 0) is 6.92 Å². The third-order valence-electron chi connectivity index (χ3n) is 2.29. The van der Waals surface area contributed by atoms with Crippen molar-refractivity contribution in [3.63, 3.8) is 0 Å². The van der Waals surface area contributed by atoms with Crippen LogP contribution in [-0.4, -0.2) is 35.1 Å². The van der Waals surface area contributed by atoms with Crippen LogP contribution in [0.3, 0.4) is 0 Å². The maximum Gasteiger partial charge on any atom is 0.157 e. The molecule has 0 bridgehead atoms. The van der Waals surface area contributed by atoms with Gasteiger partial charge in [0.25, 0.3) is 0 Å². The Hall–Kier alpha value is -1.07. The van der Waals surface area contributed by atoms with Crippen LogP contribution in [0.4, 0.5) is 0 Å². The highest BCUT2D eigenvalue weighted by Crippen LogP contribution is 2.15. The molecule has 0 aliphatic carbocycles. The number of aryl methyl sites for hydroxylation is 1. The Kier molecular flexibility index (Phi) is 2.69. The molecule has 1 aromatic rings. The summed E-state index contributed by atoms with van der Waals surface area (Å²) in [7, 11) is 0. The lowest BCUT2D eigenvalue weighted by molar-refractivity contribution is 0.140. The van der Waals surface area contributed by atoms with Crippen LogP contribution in [0.2, 0.25) is 0 Å². The Morgan fingerprint density at radius 3 is 3.14 bits per heavy atom. The van der Waals surface area contributed by atoms with E-state index in [1.165, 1.54) is 0 Å². The number of hydrogen-bond donors (Lipinski definition) is 1. The molecular formula is C9H15N3O2. The topological polar surface area (TPSA) is 62.3 Å². The molecular weight excluding hydrogens is 182 g/mol. The molecule has 0 unspecified atom stereocenters. The molecule has 0 saturated carbocycles. The molecule has 2 heterocycles. The number of nitrogens with zero attached hydrogens (tertiary/aromatic N) is 2. The van der Waals surface area contributed by atoms with E-state index >= 15 is 0 Å². The molecule has 1 aliphatic heterocycles. The molecule has 1 fully saturated rings. The Balaban J connectivity index is 1.96. The van der Waals surface area contributed by atoms with Crippen LogP contribution >= 0.6 is 0 Å². The molecule has 2 rings (SSSR count). The number of ether oxygens (including phenoxy) is 2. The van der Waals surface area contributed by atoms with Crippen molar-refractivity contribution in [3.05, 3.63) is 12.4 Å². The molecule has 5 nitrogen and oxygen atoms in total. The summed E-state index contributed by atoms with van der Waals surface area (Å²) < 4.78 is 12.7. The van der Waals surface area contributed by atoms with E-state index in [4.69, 9.17) is 15.2 Å². The van der Waals surface area contributed by atoms with Crippen LogP contribution in [0.25, 0.3) is 0 Å². The fraction of sp³-hybridized carbons (Fsp3) is 0.667. The van der Waals surface area contributed by atoms with E-state index in [2.05, 4.69) is 5.10 Å². The maximum atomic E-state index is 5.79. The van der Waals surface area contributed by atoms with Crippen molar-refractivity contribution >= 4 is 0 Å². The molecule has 2 N–H and O–H groups in total. The summed E-state index contributed by atoms with van der Waals surface area (Å²) in [5, 5.41) is 4.11. The van der Waals surface area contributed by atoms with E-state index in [0.717, 1.165) is 12.3 Å². The summed E-state index contributed by atoms with van der Waals surface area (Å²) in [5.41, 5.74) is 5.79. The second kappa shape index (κ2) is 3.98. The van der Waals surface area contributed by atoms with E-state index in [9.17, 15) is 0 Å². The number of rotatable bonds is 3. The number of hydrogen-bond acceptors (Lipinski definition) is 4. The van der Waals surface area contributed by atoms with E-state index in [-0.39, 0.29) is 12.1 Å². The second-order valence-electron chi connectivity index (χ2n) is 3.39. The molecule has 14 heavy (non-hydrogen) atoms. The normalized spacial score (nSPS) is 26.7. The Bertz CT molecular complexity index is 300. The van der Waals surface area contributed by atoms with Gasteiger partial charge < -0.3 is 15.2 Å². The zero-order valence-electron chi connectivity index (χ0n) is 8.22. The molecule has 0 aromatic carbocycles. The van der Waals surface area contributed by atoms with Crippen molar-refractivity contribution < 1.29 is 9.47 Å². The van der Waals surface area contributed by atoms with E-state index in [0.29, 0.717) is 13.2 Å². The largest absolute Gasteiger partial charge is 0.483 e. The van der Waals surface area contributed by atoms with Gasteiger partial charge in [0.1, 0.15) is 6.10 Å². The van der Waals surface area contributed by atoms with Crippen molar-refractivity contribution in [2.45, 2.75) is 25.6 Å². The first-order chi connectivity index (χ1) is 6.79. The van der Waals surface area contributed by atoms with Crippen LogP contribution in [-0.2, 0) is 11.3 Å². The zero-order chi connectivity index (χ0) is 9.97. The molecule has 1 saturated heterocycles. The van der Waals surface area contributed by atoms with Gasteiger partial charge in [-0.25, -0.2) is 0 Å². The highest BCUT2D eigenvalue weighted by atomic mass is 16.5. The average molecular weight is 197 g/mol. The van der Waals surface area contributed by atoms with Gasteiger partial charge in [-0.3, -0.25) is 4.68 Å². The fourth-order valence-corrected chi connectivity index (χ4v) is 1.43. The minimum absolute atomic E-state index is 0.0278. The van der Waals surface area contributed by atoms with Crippen LogP contribution < -0.4 is 10.5 Å². The third-order valence-corrected chi connectivity index (χ3v) is 2.29. The molecule has 0 radical (unpaired) electrons. The van der Waals surface area contributed by atoms with Gasteiger partial charge in [-0.2, -0.15) is 5.10 Å². The van der Waals surface area contributed by atoms with Crippen LogP contribution in [0, 0.1) is 0 Å². The number of nitrogens with two attached hydrogens (primary N) is 1. The monoisotopic (exact) mass is 197 g/mol. The third kappa shape index (κ3) is 1.88. The standard InChI is InChI=1S/C9H15N3O2/c1-2-12-4-7(3-11-12)14-9-6-13-5-8(9)10/h3-4,8-9H,2,5-6,10H2,1H3/t8-,9+/m1/s1. The van der Waals surface area contributed by atoms with Crippen LogP contribution in [0.5, 0.6) is 5.75 Å². The highest BCUT2D eigenvalue weighted by molar-refractivity contribution is 5.12. The van der Waals surface area contributed by atoms with E-state index < -0.39 is 0 Å². The Labute approximate surface area is 82.8 Å². The molecule has 1 aromatic heterocycles. The van der Waals surface area contributed by atoms with Crippen molar-refractivity contribution in [1.29, 1.82) is 0 Å². The summed E-state index contributed by atoms with van der Waals surface area (Å²) >= 11 is 0. The molecule has 5 heteroatoms. The molecule has 0 spiro atoms. The van der Waals surface area contributed by atoms with Crippen molar-refractivity contribution in [1.82, 2.24) is 9.78 Å².